The highest BCUT2D eigenvalue weighted by atomic mass is 16.5. The van der Waals surface area contributed by atoms with Gasteiger partial charge in [0.15, 0.2) is 0 Å². The number of methoxy groups -OCH3 is 2. The van der Waals surface area contributed by atoms with Crippen LogP contribution in [0.15, 0.2) is 18.2 Å². The standard InChI is InChI=1S/C19H28N2O3/c1-23-16-6-7-17(24-2)14(11-16)8-10-21-18(22)19-9-4-3-5-15(19)12-20-13-19/h6-7,11,15,20H,3-5,8-10,12-13H2,1-2H3,(H,21,22)/t15-,19+/m0/s1. The second-order valence-corrected chi connectivity index (χ2v) is 6.91. The molecule has 0 aromatic heterocycles. The topological polar surface area (TPSA) is 59.6 Å². The highest BCUT2D eigenvalue weighted by Crippen LogP contribution is 2.43. The van der Waals surface area contributed by atoms with Gasteiger partial charge >= 0.3 is 0 Å². The molecule has 1 saturated carbocycles. The molecule has 132 valence electrons. The molecule has 0 radical (unpaired) electrons. The SMILES string of the molecule is COc1ccc(OC)c(CCNC(=O)[C@@]23CCCC[C@H]2CNC3)c1. The fourth-order valence-corrected chi connectivity index (χ4v) is 4.25. The molecule has 1 heterocycles. The normalized spacial score (nSPS) is 25.8. The largest absolute Gasteiger partial charge is 0.497 e. The Kier molecular flexibility index (Phi) is 5.29. The average molecular weight is 332 g/mol. The second-order valence-electron chi connectivity index (χ2n) is 6.91. The Balaban J connectivity index is 1.61. The van der Waals surface area contributed by atoms with Crippen LogP contribution >= 0.6 is 0 Å². The van der Waals surface area contributed by atoms with E-state index in [9.17, 15) is 4.79 Å². The fraction of sp³-hybridized carbons (Fsp3) is 0.632. The van der Waals surface area contributed by atoms with Gasteiger partial charge in [0.05, 0.1) is 19.6 Å². The third kappa shape index (κ3) is 3.22. The van der Waals surface area contributed by atoms with Crippen LogP contribution in [0.5, 0.6) is 11.5 Å². The van der Waals surface area contributed by atoms with Crippen molar-refractivity contribution in [1.29, 1.82) is 0 Å². The maximum absolute atomic E-state index is 12.9. The molecule has 2 N–H and O–H groups in total. The molecule has 1 saturated heterocycles. The van der Waals surface area contributed by atoms with Gasteiger partial charge in [0.2, 0.25) is 5.91 Å². The van der Waals surface area contributed by atoms with Gasteiger partial charge in [-0.25, -0.2) is 0 Å². The molecule has 24 heavy (non-hydrogen) atoms. The first kappa shape index (κ1) is 17.1. The van der Waals surface area contributed by atoms with E-state index in [1.807, 2.05) is 18.2 Å². The van der Waals surface area contributed by atoms with Gasteiger partial charge in [0, 0.05) is 13.1 Å². The Bertz CT molecular complexity index is 590. The summed E-state index contributed by atoms with van der Waals surface area (Å²) in [5, 5.41) is 6.61. The van der Waals surface area contributed by atoms with Crippen LogP contribution in [0.3, 0.4) is 0 Å². The molecule has 2 atom stereocenters. The monoisotopic (exact) mass is 332 g/mol. The molecule has 0 bridgehead atoms. The van der Waals surface area contributed by atoms with Crippen LogP contribution in [-0.4, -0.2) is 39.8 Å². The minimum absolute atomic E-state index is 0.184. The summed E-state index contributed by atoms with van der Waals surface area (Å²) in [5.74, 6) is 2.36. The lowest BCUT2D eigenvalue weighted by atomic mass is 9.67. The first-order valence-electron chi connectivity index (χ1n) is 8.89. The van der Waals surface area contributed by atoms with Gasteiger partial charge in [-0.3, -0.25) is 4.79 Å². The second kappa shape index (κ2) is 7.43. The Morgan fingerprint density at radius 3 is 3.00 bits per heavy atom. The van der Waals surface area contributed by atoms with Gasteiger partial charge in [-0.1, -0.05) is 12.8 Å². The Morgan fingerprint density at radius 1 is 1.33 bits per heavy atom. The summed E-state index contributed by atoms with van der Waals surface area (Å²) in [7, 11) is 3.32. The molecule has 0 spiro atoms. The summed E-state index contributed by atoms with van der Waals surface area (Å²) >= 11 is 0. The van der Waals surface area contributed by atoms with Crippen LogP contribution in [0.2, 0.25) is 0 Å². The van der Waals surface area contributed by atoms with E-state index < -0.39 is 0 Å². The summed E-state index contributed by atoms with van der Waals surface area (Å²) in [6, 6.07) is 5.77. The lowest BCUT2D eigenvalue weighted by molar-refractivity contribution is -0.133. The van der Waals surface area contributed by atoms with Crippen molar-refractivity contribution in [3.63, 3.8) is 0 Å². The number of hydrogen-bond donors (Lipinski definition) is 2. The summed E-state index contributed by atoms with van der Waals surface area (Å²) < 4.78 is 10.7. The predicted octanol–water partition coefficient (Wildman–Crippen LogP) is 2.14. The van der Waals surface area contributed by atoms with Crippen molar-refractivity contribution in [3.05, 3.63) is 23.8 Å². The number of rotatable bonds is 6. The van der Waals surface area contributed by atoms with Crippen LogP contribution in [-0.2, 0) is 11.2 Å². The first-order valence-corrected chi connectivity index (χ1v) is 8.89. The van der Waals surface area contributed by atoms with Crippen LogP contribution < -0.4 is 20.1 Å². The zero-order chi connectivity index (χ0) is 17.0. The zero-order valence-corrected chi connectivity index (χ0v) is 14.7. The van der Waals surface area contributed by atoms with E-state index in [0.29, 0.717) is 12.5 Å². The predicted molar refractivity (Wildman–Crippen MR) is 93.5 cm³/mol. The van der Waals surface area contributed by atoms with Crippen LogP contribution in [0.1, 0.15) is 31.2 Å². The number of amides is 1. The first-order chi connectivity index (χ1) is 11.7. The van der Waals surface area contributed by atoms with E-state index in [1.165, 1.54) is 12.8 Å². The maximum atomic E-state index is 12.9. The number of ether oxygens (including phenoxy) is 2. The zero-order valence-electron chi connectivity index (χ0n) is 14.7. The quantitative estimate of drug-likeness (QED) is 0.838. The molecule has 2 aliphatic rings. The minimum atomic E-state index is -0.184. The van der Waals surface area contributed by atoms with Crippen LogP contribution in [0.25, 0.3) is 0 Å². The lowest BCUT2D eigenvalue weighted by Crippen LogP contribution is -2.48. The van der Waals surface area contributed by atoms with Crippen LogP contribution in [0.4, 0.5) is 0 Å². The summed E-state index contributed by atoms with van der Waals surface area (Å²) in [6.07, 6.45) is 5.33. The Morgan fingerprint density at radius 2 is 2.21 bits per heavy atom. The highest BCUT2D eigenvalue weighted by Gasteiger charge is 2.49. The molecule has 1 aliphatic carbocycles. The summed E-state index contributed by atoms with van der Waals surface area (Å²) in [6.45, 7) is 2.43. The smallest absolute Gasteiger partial charge is 0.227 e. The highest BCUT2D eigenvalue weighted by molar-refractivity contribution is 5.83. The molecule has 1 aromatic rings. The molecule has 5 nitrogen and oxygen atoms in total. The number of carbonyl (C=O) groups excluding carboxylic acids is 1. The third-order valence-electron chi connectivity index (χ3n) is 5.66. The van der Waals surface area contributed by atoms with Gasteiger partial charge in [-0.2, -0.15) is 0 Å². The van der Waals surface area contributed by atoms with Crippen molar-refractivity contribution in [1.82, 2.24) is 10.6 Å². The van der Waals surface area contributed by atoms with E-state index >= 15 is 0 Å². The van der Waals surface area contributed by atoms with Crippen molar-refractivity contribution >= 4 is 5.91 Å². The minimum Gasteiger partial charge on any atom is -0.497 e. The molecular formula is C19H28N2O3. The van der Waals surface area contributed by atoms with E-state index in [-0.39, 0.29) is 11.3 Å². The maximum Gasteiger partial charge on any atom is 0.227 e. The number of hydrogen-bond acceptors (Lipinski definition) is 4. The van der Waals surface area contributed by atoms with Crippen molar-refractivity contribution in [2.75, 3.05) is 33.9 Å². The summed E-state index contributed by atoms with van der Waals surface area (Å²) in [4.78, 5) is 12.9. The van der Waals surface area contributed by atoms with Gasteiger partial charge in [0.25, 0.3) is 0 Å². The van der Waals surface area contributed by atoms with Gasteiger partial charge in [0.1, 0.15) is 11.5 Å². The lowest BCUT2D eigenvalue weighted by Gasteiger charge is -2.37. The third-order valence-corrected chi connectivity index (χ3v) is 5.66. The summed E-state index contributed by atoms with van der Waals surface area (Å²) in [5.41, 5.74) is 0.871. The van der Waals surface area contributed by atoms with Crippen LogP contribution in [0, 0.1) is 11.3 Å². The van der Waals surface area contributed by atoms with Crippen molar-refractivity contribution < 1.29 is 14.3 Å². The van der Waals surface area contributed by atoms with Crippen molar-refractivity contribution in [3.8, 4) is 11.5 Å². The molecule has 5 heteroatoms. The Hall–Kier alpha value is -1.75. The van der Waals surface area contributed by atoms with E-state index in [2.05, 4.69) is 10.6 Å². The van der Waals surface area contributed by atoms with Gasteiger partial charge < -0.3 is 20.1 Å². The van der Waals surface area contributed by atoms with Gasteiger partial charge in [-0.05, 0) is 55.5 Å². The van der Waals surface area contributed by atoms with E-state index in [0.717, 1.165) is 49.4 Å². The Labute approximate surface area is 144 Å². The molecule has 0 unspecified atom stereocenters. The average Bonchev–Trinajstić information content (AvgIpc) is 3.06. The molecule has 1 amide bonds. The van der Waals surface area contributed by atoms with Gasteiger partial charge in [-0.15, -0.1) is 0 Å². The molecular weight excluding hydrogens is 304 g/mol. The van der Waals surface area contributed by atoms with Crippen molar-refractivity contribution in [2.24, 2.45) is 11.3 Å². The fourth-order valence-electron chi connectivity index (χ4n) is 4.25. The van der Waals surface area contributed by atoms with E-state index in [4.69, 9.17) is 9.47 Å². The molecule has 3 rings (SSSR count). The van der Waals surface area contributed by atoms with Crippen molar-refractivity contribution in [2.45, 2.75) is 32.1 Å². The molecule has 2 fully saturated rings. The number of benzene rings is 1. The number of nitrogens with one attached hydrogen (secondary N) is 2. The number of fused-ring (bicyclic) bond motifs is 1. The van der Waals surface area contributed by atoms with E-state index in [1.54, 1.807) is 14.2 Å². The molecule has 1 aromatic carbocycles. The molecule has 1 aliphatic heterocycles. The number of carbonyl (C=O) groups is 1.